The summed E-state index contributed by atoms with van der Waals surface area (Å²) in [5.41, 5.74) is 6.59. The van der Waals surface area contributed by atoms with Crippen molar-refractivity contribution in [2.75, 3.05) is 18.5 Å². The predicted octanol–water partition coefficient (Wildman–Crippen LogP) is 6.22. The third-order valence-electron chi connectivity index (χ3n) is 4.88. The van der Waals surface area contributed by atoms with Gasteiger partial charge in [0.2, 0.25) is 0 Å². The Balaban J connectivity index is 1.77. The van der Waals surface area contributed by atoms with Crippen LogP contribution in [0.2, 0.25) is 0 Å². The molecule has 0 saturated heterocycles. The zero-order valence-electron chi connectivity index (χ0n) is 16.7. The van der Waals surface area contributed by atoms with Gasteiger partial charge in [-0.05, 0) is 86.4 Å². The van der Waals surface area contributed by atoms with Crippen LogP contribution in [-0.4, -0.2) is 13.2 Å². The van der Waals surface area contributed by atoms with Crippen molar-refractivity contribution in [2.24, 2.45) is 5.41 Å². The van der Waals surface area contributed by atoms with Gasteiger partial charge in [-0.3, -0.25) is 0 Å². The molecule has 0 spiro atoms. The van der Waals surface area contributed by atoms with Crippen LogP contribution in [0.4, 0.5) is 5.69 Å². The van der Waals surface area contributed by atoms with Crippen LogP contribution in [-0.2, 0) is 0 Å². The minimum Gasteiger partial charge on any atom is -0.493 e. The van der Waals surface area contributed by atoms with Crippen molar-refractivity contribution in [1.29, 1.82) is 0 Å². The first kappa shape index (κ1) is 19.4. The van der Waals surface area contributed by atoms with Crippen molar-refractivity contribution >= 4 is 5.69 Å². The monoisotopic (exact) mass is 339 g/mol. The van der Waals surface area contributed by atoms with Crippen LogP contribution >= 0.6 is 0 Å². The third-order valence-corrected chi connectivity index (χ3v) is 4.88. The van der Waals surface area contributed by atoms with Gasteiger partial charge in [0.05, 0.1) is 6.61 Å². The molecule has 0 saturated carbocycles. The van der Waals surface area contributed by atoms with E-state index in [4.69, 9.17) is 4.74 Å². The van der Waals surface area contributed by atoms with E-state index in [-0.39, 0.29) is 5.41 Å². The molecule has 136 valence electrons. The van der Waals surface area contributed by atoms with Gasteiger partial charge in [0.1, 0.15) is 5.75 Å². The fraction of sp³-hybridized carbons (Fsp3) is 0.478. The van der Waals surface area contributed by atoms with Crippen molar-refractivity contribution in [3.63, 3.8) is 0 Å². The molecule has 0 atom stereocenters. The molecule has 0 aliphatic carbocycles. The molecule has 0 amide bonds. The number of anilines is 1. The Labute approximate surface area is 153 Å². The fourth-order valence-corrected chi connectivity index (χ4v) is 2.88. The first-order valence-electron chi connectivity index (χ1n) is 9.28. The van der Waals surface area contributed by atoms with E-state index in [1.54, 1.807) is 0 Å². The van der Waals surface area contributed by atoms with E-state index < -0.39 is 0 Å². The van der Waals surface area contributed by atoms with E-state index in [1.807, 2.05) is 0 Å². The molecule has 0 heterocycles. The van der Waals surface area contributed by atoms with Gasteiger partial charge in [-0.25, -0.2) is 0 Å². The van der Waals surface area contributed by atoms with Crippen molar-refractivity contribution in [1.82, 2.24) is 0 Å². The van der Waals surface area contributed by atoms with Crippen LogP contribution in [0, 0.1) is 33.1 Å². The molecule has 0 fully saturated rings. The SMILES string of the molecule is Cc1ccc(C)c(OCCCC(C)(C)CNc2ccc(C)c(C)c2)c1. The number of ether oxygens (including phenoxy) is 1. The van der Waals surface area contributed by atoms with Crippen molar-refractivity contribution in [2.45, 2.75) is 54.4 Å². The summed E-state index contributed by atoms with van der Waals surface area (Å²) in [6.45, 7) is 14.9. The quantitative estimate of drug-likeness (QED) is 0.577. The van der Waals surface area contributed by atoms with E-state index in [9.17, 15) is 0 Å². The zero-order chi connectivity index (χ0) is 18.4. The van der Waals surface area contributed by atoms with Crippen LogP contribution in [0.15, 0.2) is 36.4 Å². The molecule has 2 nitrogen and oxygen atoms in total. The standard InChI is InChI=1S/C23H33NO/c1-17-8-9-19(3)22(14-17)25-13-7-12-23(5,6)16-24-21-11-10-18(2)20(4)15-21/h8-11,14-15,24H,7,12-13,16H2,1-6H3. The number of nitrogens with one attached hydrogen (secondary N) is 1. The van der Waals surface area contributed by atoms with Crippen LogP contribution < -0.4 is 10.1 Å². The molecule has 0 aliphatic heterocycles. The number of aryl methyl sites for hydroxylation is 4. The molecule has 0 unspecified atom stereocenters. The summed E-state index contributed by atoms with van der Waals surface area (Å²) >= 11 is 0. The smallest absolute Gasteiger partial charge is 0.122 e. The number of hydrogen-bond acceptors (Lipinski definition) is 2. The lowest BCUT2D eigenvalue weighted by Crippen LogP contribution is -2.23. The van der Waals surface area contributed by atoms with Gasteiger partial charge in [0.15, 0.2) is 0 Å². The number of hydrogen-bond donors (Lipinski definition) is 1. The lowest BCUT2D eigenvalue weighted by atomic mass is 9.88. The van der Waals surface area contributed by atoms with Gasteiger partial charge in [-0.2, -0.15) is 0 Å². The fourth-order valence-electron chi connectivity index (χ4n) is 2.88. The Hall–Kier alpha value is -1.96. The average molecular weight is 340 g/mol. The summed E-state index contributed by atoms with van der Waals surface area (Å²) in [6, 6.07) is 13.0. The van der Waals surface area contributed by atoms with E-state index >= 15 is 0 Å². The van der Waals surface area contributed by atoms with E-state index in [0.29, 0.717) is 0 Å². The van der Waals surface area contributed by atoms with Gasteiger partial charge < -0.3 is 10.1 Å². The summed E-state index contributed by atoms with van der Waals surface area (Å²) < 4.78 is 5.98. The Bertz CT molecular complexity index is 703. The van der Waals surface area contributed by atoms with Gasteiger partial charge in [-0.15, -0.1) is 0 Å². The molecule has 0 bridgehead atoms. The molecule has 0 radical (unpaired) electrons. The maximum atomic E-state index is 5.98. The molecule has 2 aromatic carbocycles. The zero-order valence-corrected chi connectivity index (χ0v) is 16.7. The molecule has 0 aliphatic rings. The molecule has 2 aromatic rings. The van der Waals surface area contributed by atoms with Crippen LogP contribution in [0.1, 0.15) is 48.9 Å². The molecule has 0 aromatic heterocycles. The van der Waals surface area contributed by atoms with E-state index in [2.05, 4.69) is 83.3 Å². The highest BCUT2D eigenvalue weighted by Gasteiger charge is 2.17. The van der Waals surface area contributed by atoms with Gasteiger partial charge in [0, 0.05) is 12.2 Å². The van der Waals surface area contributed by atoms with Crippen molar-refractivity contribution in [3.8, 4) is 5.75 Å². The highest BCUT2D eigenvalue weighted by Crippen LogP contribution is 2.25. The van der Waals surface area contributed by atoms with Gasteiger partial charge >= 0.3 is 0 Å². The average Bonchev–Trinajstić information content (AvgIpc) is 2.56. The maximum absolute atomic E-state index is 5.98. The highest BCUT2D eigenvalue weighted by atomic mass is 16.5. The molecule has 2 rings (SSSR count). The summed E-state index contributed by atoms with van der Waals surface area (Å²) in [5, 5.41) is 3.59. The minimum absolute atomic E-state index is 0.240. The largest absolute Gasteiger partial charge is 0.493 e. The summed E-state index contributed by atoms with van der Waals surface area (Å²) in [7, 11) is 0. The topological polar surface area (TPSA) is 21.3 Å². The second kappa shape index (κ2) is 8.42. The predicted molar refractivity (Wildman–Crippen MR) is 109 cm³/mol. The van der Waals surface area contributed by atoms with Crippen LogP contribution in [0.3, 0.4) is 0 Å². The molecule has 25 heavy (non-hydrogen) atoms. The third kappa shape index (κ3) is 6.12. The van der Waals surface area contributed by atoms with Crippen molar-refractivity contribution in [3.05, 3.63) is 58.7 Å². The van der Waals surface area contributed by atoms with Gasteiger partial charge in [0.25, 0.3) is 0 Å². The lowest BCUT2D eigenvalue weighted by molar-refractivity contribution is 0.263. The first-order chi connectivity index (χ1) is 11.8. The molecule has 1 N–H and O–H groups in total. The first-order valence-corrected chi connectivity index (χ1v) is 9.28. The summed E-state index contributed by atoms with van der Waals surface area (Å²) in [4.78, 5) is 0. The summed E-state index contributed by atoms with van der Waals surface area (Å²) in [5.74, 6) is 1.02. The van der Waals surface area contributed by atoms with Crippen LogP contribution in [0.5, 0.6) is 5.75 Å². The Morgan fingerprint density at radius 2 is 1.60 bits per heavy atom. The Kier molecular flexibility index (Phi) is 6.52. The van der Waals surface area contributed by atoms with Crippen LogP contribution in [0.25, 0.3) is 0 Å². The van der Waals surface area contributed by atoms with Crippen molar-refractivity contribution < 1.29 is 4.74 Å². The highest BCUT2D eigenvalue weighted by molar-refractivity contribution is 5.48. The minimum atomic E-state index is 0.240. The second-order valence-corrected chi connectivity index (χ2v) is 8.04. The van der Waals surface area contributed by atoms with E-state index in [0.717, 1.165) is 31.7 Å². The normalized spacial score (nSPS) is 11.4. The van der Waals surface area contributed by atoms with Gasteiger partial charge in [-0.1, -0.05) is 32.0 Å². The Morgan fingerprint density at radius 3 is 2.32 bits per heavy atom. The van der Waals surface area contributed by atoms with E-state index in [1.165, 1.54) is 27.9 Å². The molecule has 2 heteroatoms. The summed E-state index contributed by atoms with van der Waals surface area (Å²) in [6.07, 6.45) is 2.20. The molecular formula is C23H33NO. The second-order valence-electron chi connectivity index (χ2n) is 8.04. The number of benzene rings is 2. The Morgan fingerprint density at radius 1 is 0.880 bits per heavy atom. The maximum Gasteiger partial charge on any atom is 0.122 e. The molecular weight excluding hydrogens is 306 g/mol. The number of rotatable bonds is 8. The lowest BCUT2D eigenvalue weighted by Gasteiger charge is -2.26.